The highest BCUT2D eigenvalue weighted by Gasteiger charge is 2.35. The van der Waals surface area contributed by atoms with E-state index in [4.69, 9.17) is 25.8 Å². The molecule has 2 fully saturated rings. The molecular formula is C27H37N5O6S. The number of benzene rings is 2. The number of nitrogens with zero attached hydrogens (tertiary/aromatic N) is 3. The van der Waals surface area contributed by atoms with E-state index in [0.29, 0.717) is 55.4 Å². The summed E-state index contributed by atoms with van der Waals surface area (Å²) in [6.07, 6.45) is -0.714. The number of hydrogen-bond donors (Lipinski definition) is 3. The van der Waals surface area contributed by atoms with Gasteiger partial charge in [-0.2, -0.15) is 4.31 Å². The first kappa shape index (κ1) is 30.1. The highest BCUT2D eigenvalue weighted by Crippen LogP contribution is 2.26. The number of aliphatic carboxylic acids is 1. The minimum absolute atomic E-state index is 0.0264. The zero-order valence-electron chi connectivity index (χ0n) is 22.8. The predicted octanol–water partition coefficient (Wildman–Crippen LogP) is 2.69. The van der Waals surface area contributed by atoms with Crippen molar-refractivity contribution in [1.82, 2.24) is 9.21 Å². The number of carbonyl (C=O) groups is 2. The van der Waals surface area contributed by atoms with Crippen molar-refractivity contribution in [3.63, 3.8) is 0 Å². The number of nitrogen functional groups attached to an aromatic ring is 1. The van der Waals surface area contributed by atoms with Gasteiger partial charge in [-0.15, -0.1) is 0 Å². The number of amides is 1. The standard InChI is InChI=1S/C25H33N5O4S.C2H4O2/c1-25(2,3)19-6-10-22(11-7-19)35(32,33)29-14-12-28(13-15-29)16-21-17-30(24(31)34-21)20-8-4-18(5-9-20)23(26)27;1-2(3)4/h4-11,21H,12-17H2,1-3H3,(H3,26,27);1H3,(H,3,4). The molecule has 1 amide bonds. The van der Waals surface area contributed by atoms with Gasteiger partial charge in [0.15, 0.2) is 0 Å². The van der Waals surface area contributed by atoms with Crippen molar-refractivity contribution in [2.45, 2.75) is 44.1 Å². The molecule has 0 bridgehead atoms. The third kappa shape index (κ3) is 7.78. The number of nitrogens with two attached hydrogens (primary N) is 1. The van der Waals surface area contributed by atoms with E-state index < -0.39 is 22.1 Å². The van der Waals surface area contributed by atoms with Gasteiger partial charge in [-0.25, -0.2) is 13.2 Å². The molecule has 0 aliphatic carbocycles. The van der Waals surface area contributed by atoms with Crippen LogP contribution in [0.25, 0.3) is 0 Å². The Morgan fingerprint density at radius 1 is 1.05 bits per heavy atom. The van der Waals surface area contributed by atoms with Crippen LogP contribution in [0.2, 0.25) is 0 Å². The Morgan fingerprint density at radius 2 is 1.59 bits per heavy atom. The zero-order valence-corrected chi connectivity index (χ0v) is 23.6. The third-order valence-electron chi connectivity index (χ3n) is 6.52. The maximum absolute atomic E-state index is 13.1. The first-order valence-electron chi connectivity index (χ1n) is 12.6. The maximum atomic E-state index is 13.1. The lowest BCUT2D eigenvalue weighted by atomic mass is 9.87. The number of carboxylic acids is 1. The van der Waals surface area contributed by atoms with Gasteiger partial charge >= 0.3 is 6.09 Å². The molecule has 2 aromatic rings. The Bertz CT molecular complexity index is 1280. The van der Waals surface area contributed by atoms with E-state index in [1.165, 1.54) is 4.31 Å². The van der Waals surface area contributed by atoms with Crippen molar-refractivity contribution >= 4 is 33.6 Å². The predicted molar refractivity (Wildman–Crippen MR) is 149 cm³/mol. The number of nitrogens with one attached hydrogen (secondary N) is 1. The van der Waals surface area contributed by atoms with Crippen molar-refractivity contribution in [2.24, 2.45) is 5.73 Å². The first-order chi connectivity index (χ1) is 18.2. The number of carbonyl (C=O) groups excluding carboxylic acids is 1. The molecule has 212 valence electrons. The quantitative estimate of drug-likeness (QED) is 0.360. The molecular weight excluding hydrogens is 522 g/mol. The molecule has 11 nitrogen and oxygen atoms in total. The third-order valence-corrected chi connectivity index (χ3v) is 8.43. The van der Waals surface area contributed by atoms with E-state index in [1.54, 1.807) is 41.3 Å². The summed E-state index contributed by atoms with van der Waals surface area (Å²) in [7, 11) is -3.55. The van der Waals surface area contributed by atoms with Crippen LogP contribution in [0.1, 0.15) is 38.8 Å². The van der Waals surface area contributed by atoms with E-state index in [0.717, 1.165) is 12.5 Å². The summed E-state index contributed by atoms with van der Waals surface area (Å²) in [5, 5.41) is 14.9. The van der Waals surface area contributed by atoms with Crippen LogP contribution in [0.5, 0.6) is 0 Å². The summed E-state index contributed by atoms with van der Waals surface area (Å²) in [6, 6.07) is 14.1. The van der Waals surface area contributed by atoms with Crippen molar-refractivity contribution in [1.29, 1.82) is 5.41 Å². The molecule has 0 radical (unpaired) electrons. The molecule has 2 aromatic carbocycles. The smallest absolute Gasteiger partial charge is 0.414 e. The van der Waals surface area contributed by atoms with E-state index >= 15 is 0 Å². The molecule has 1 unspecified atom stereocenters. The fourth-order valence-electron chi connectivity index (χ4n) is 4.36. The van der Waals surface area contributed by atoms with E-state index in [9.17, 15) is 13.2 Å². The second kappa shape index (κ2) is 12.1. The highest BCUT2D eigenvalue weighted by atomic mass is 32.2. The fourth-order valence-corrected chi connectivity index (χ4v) is 5.79. The minimum Gasteiger partial charge on any atom is -0.481 e. The monoisotopic (exact) mass is 559 g/mol. The Morgan fingerprint density at radius 3 is 2.08 bits per heavy atom. The number of carboxylic acid groups (broad SMARTS) is 1. The van der Waals surface area contributed by atoms with Gasteiger partial charge in [0.25, 0.3) is 5.97 Å². The summed E-state index contributed by atoms with van der Waals surface area (Å²) < 4.78 is 33.3. The first-order valence-corrected chi connectivity index (χ1v) is 14.1. The number of piperazine rings is 1. The number of rotatable bonds is 6. The molecule has 12 heteroatoms. The minimum atomic E-state index is -3.55. The summed E-state index contributed by atoms with van der Waals surface area (Å²) >= 11 is 0. The molecule has 39 heavy (non-hydrogen) atoms. The summed E-state index contributed by atoms with van der Waals surface area (Å²) in [5.41, 5.74) is 7.83. The molecule has 4 N–H and O–H groups in total. The number of cyclic esters (lactones) is 1. The van der Waals surface area contributed by atoms with Gasteiger partial charge in [0.1, 0.15) is 11.9 Å². The van der Waals surface area contributed by atoms with E-state index in [-0.39, 0.29) is 17.4 Å². The summed E-state index contributed by atoms with van der Waals surface area (Å²) in [5.74, 6) is -0.860. The van der Waals surface area contributed by atoms with E-state index in [1.807, 2.05) is 12.1 Å². The Labute approximate surface area is 229 Å². The second-order valence-corrected chi connectivity index (χ2v) is 12.5. The fraction of sp³-hybridized carbons (Fsp3) is 0.444. The molecule has 0 spiro atoms. The summed E-state index contributed by atoms with van der Waals surface area (Å²) in [4.78, 5) is 25.4. The SMILES string of the molecule is CC(=O)O.CC(C)(C)c1ccc(S(=O)(=O)N2CCN(CC3CN(c4ccc(C(=N)N)cc4)C(=O)O3)CC2)cc1. The number of hydrogen-bond acceptors (Lipinski definition) is 7. The lowest BCUT2D eigenvalue weighted by molar-refractivity contribution is -0.134. The molecule has 2 heterocycles. The van der Waals surface area contributed by atoms with Crippen LogP contribution in [-0.2, 0) is 25.0 Å². The zero-order chi connectivity index (χ0) is 29.0. The van der Waals surface area contributed by atoms with Crippen LogP contribution in [0.15, 0.2) is 53.4 Å². The molecule has 4 rings (SSSR count). The van der Waals surface area contributed by atoms with Crippen molar-refractivity contribution in [3.8, 4) is 0 Å². The average Bonchev–Trinajstić information content (AvgIpc) is 3.23. The normalized spacial score (nSPS) is 18.7. The Hall–Kier alpha value is -3.48. The van der Waals surface area contributed by atoms with Gasteiger partial charge in [0.05, 0.1) is 11.4 Å². The number of ether oxygens (including phenoxy) is 1. The van der Waals surface area contributed by atoms with Crippen LogP contribution >= 0.6 is 0 Å². The molecule has 2 saturated heterocycles. The van der Waals surface area contributed by atoms with Crippen molar-refractivity contribution in [2.75, 3.05) is 44.2 Å². The lowest BCUT2D eigenvalue weighted by Gasteiger charge is -2.34. The van der Waals surface area contributed by atoms with E-state index in [2.05, 4.69) is 25.7 Å². The average molecular weight is 560 g/mol. The molecule has 1 atom stereocenters. The maximum Gasteiger partial charge on any atom is 0.414 e. The van der Waals surface area contributed by atoms with Crippen LogP contribution in [-0.4, -0.2) is 86.0 Å². The van der Waals surface area contributed by atoms with Gasteiger partial charge in [0, 0.05) is 50.9 Å². The Kier molecular flexibility index (Phi) is 9.36. The van der Waals surface area contributed by atoms with Gasteiger partial charge in [-0.05, 0) is 47.4 Å². The van der Waals surface area contributed by atoms with Gasteiger partial charge in [-0.3, -0.25) is 20.0 Å². The second-order valence-electron chi connectivity index (χ2n) is 10.6. The van der Waals surface area contributed by atoms with Crippen LogP contribution < -0.4 is 10.6 Å². The van der Waals surface area contributed by atoms with Gasteiger partial charge < -0.3 is 15.6 Å². The molecule has 2 aliphatic rings. The number of amidine groups is 1. The number of anilines is 1. The molecule has 2 aliphatic heterocycles. The van der Waals surface area contributed by atoms with Crippen LogP contribution in [0.4, 0.5) is 10.5 Å². The highest BCUT2D eigenvalue weighted by molar-refractivity contribution is 7.89. The summed E-state index contributed by atoms with van der Waals surface area (Å²) in [6.45, 7) is 10.3. The topological polar surface area (TPSA) is 157 Å². The Balaban J connectivity index is 0.000000983. The van der Waals surface area contributed by atoms with Crippen molar-refractivity contribution < 1.29 is 27.9 Å². The molecule has 0 saturated carbocycles. The largest absolute Gasteiger partial charge is 0.481 e. The van der Waals surface area contributed by atoms with Gasteiger partial charge in [-0.1, -0.05) is 32.9 Å². The number of sulfonamides is 1. The van der Waals surface area contributed by atoms with Crippen LogP contribution in [0, 0.1) is 5.41 Å². The lowest BCUT2D eigenvalue weighted by Crippen LogP contribution is -2.50. The molecule has 0 aromatic heterocycles. The van der Waals surface area contributed by atoms with Gasteiger partial charge in [0.2, 0.25) is 10.0 Å². The van der Waals surface area contributed by atoms with Crippen LogP contribution in [0.3, 0.4) is 0 Å². The van der Waals surface area contributed by atoms with Crippen molar-refractivity contribution in [3.05, 3.63) is 59.7 Å².